The van der Waals surface area contributed by atoms with E-state index in [9.17, 15) is 4.79 Å². The van der Waals surface area contributed by atoms with Gasteiger partial charge in [-0.25, -0.2) is 0 Å². The van der Waals surface area contributed by atoms with Crippen molar-refractivity contribution in [3.8, 4) is 0 Å². The third-order valence-electron chi connectivity index (χ3n) is 4.93. The van der Waals surface area contributed by atoms with E-state index in [1.165, 1.54) is 0 Å². The van der Waals surface area contributed by atoms with Crippen LogP contribution in [0.5, 0.6) is 0 Å². The van der Waals surface area contributed by atoms with Crippen LogP contribution in [0, 0.1) is 0 Å². The van der Waals surface area contributed by atoms with Crippen LogP contribution in [0.3, 0.4) is 0 Å². The van der Waals surface area contributed by atoms with Gasteiger partial charge in [0.25, 0.3) is 0 Å². The minimum atomic E-state index is 0. The third-order valence-corrected chi connectivity index (χ3v) is 5.55. The van der Waals surface area contributed by atoms with Crippen molar-refractivity contribution < 1.29 is 34.5 Å². The summed E-state index contributed by atoms with van der Waals surface area (Å²) in [5, 5.41) is 2.97. The molecule has 0 aliphatic carbocycles. The van der Waals surface area contributed by atoms with Crippen molar-refractivity contribution in [1.29, 1.82) is 0 Å². The molecule has 0 atom stereocenters. The third kappa shape index (κ3) is 10.8. The summed E-state index contributed by atoms with van der Waals surface area (Å²) < 4.78 is 4.61. The van der Waals surface area contributed by atoms with Gasteiger partial charge in [0.2, 0.25) is 5.91 Å². The van der Waals surface area contributed by atoms with E-state index >= 15 is 0 Å². The van der Waals surface area contributed by atoms with Gasteiger partial charge in [-0.05, 0) is 61.3 Å². The number of amides is 1. The van der Waals surface area contributed by atoms with Crippen molar-refractivity contribution in [3.05, 3.63) is 90.0 Å². The van der Waals surface area contributed by atoms with Crippen LogP contribution in [0.15, 0.2) is 78.0 Å². The summed E-state index contributed by atoms with van der Waals surface area (Å²) in [7, 11) is 0. The Labute approximate surface area is 218 Å². The Balaban J connectivity index is 0.00000408. The molecule has 0 fully saturated rings. The number of rotatable bonds is 14. The predicted molar refractivity (Wildman–Crippen MR) is 127 cm³/mol. The monoisotopic (exact) mass is 654 g/mol. The van der Waals surface area contributed by atoms with Crippen molar-refractivity contribution >= 4 is 17.9 Å². The molecule has 2 heterocycles. The molecule has 0 aliphatic heterocycles. The van der Waals surface area contributed by atoms with E-state index in [2.05, 4.69) is 29.5 Å². The number of benzene rings is 1. The van der Waals surface area contributed by atoms with Crippen molar-refractivity contribution in [2.45, 2.75) is 43.8 Å². The molecule has 1 aromatic carbocycles. The molecule has 0 saturated carbocycles. The maximum Gasteiger partial charge on any atom is 0.220 e. The number of pyridine rings is 2. The van der Waals surface area contributed by atoms with E-state index in [1.807, 2.05) is 73.1 Å². The second-order valence-electron chi connectivity index (χ2n) is 7.48. The van der Waals surface area contributed by atoms with Gasteiger partial charge < -0.3 is 5.32 Å². The average molecular weight is 654 g/mol. The van der Waals surface area contributed by atoms with Crippen molar-refractivity contribution in [1.82, 2.24) is 20.2 Å². The first-order chi connectivity index (χ1) is 16.2. The summed E-state index contributed by atoms with van der Waals surface area (Å²) in [6.45, 7) is 2.86. The number of carbonyl (C=O) groups excluding carboxylic acids is 1. The number of nitrogens with two attached hydrogens (primary N) is 1. The van der Waals surface area contributed by atoms with Crippen molar-refractivity contribution in [3.63, 3.8) is 0 Å². The van der Waals surface area contributed by atoms with Crippen LogP contribution < -0.4 is 11.2 Å². The molecule has 2 aromatic heterocycles. The molecule has 0 bridgehead atoms. The summed E-state index contributed by atoms with van der Waals surface area (Å²) >= 11 is 1.02. The molecule has 181 valence electrons. The Hall–Kier alpha value is -2.16. The molecule has 0 unspecified atom stereocenters. The first kappa shape index (κ1) is 28.1. The zero-order valence-electron chi connectivity index (χ0n) is 18.8. The van der Waals surface area contributed by atoms with E-state index in [0.29, 0.717) is 13.0 Å². The maximum absolute atomic E-state index is 12.3. The van der Waals surface area contributed by atoms with Crippen LogP contribution >= 0.6 is 12.0 Å². The molecular formula is C24H29N5O3ReS. The second-order valence-corrected chi connectivity index (χ2v) is 8.25. The zero-order valence-corrected chi connectivity index (χ0v) is 22.3. The summed E-state index contributed by atoms with van der Waals surface area (Å²) in [5.41, 5.74) is 3.06. The number of unbranched alkanes of at least 4 members (excludes halogenated alkanes) is 1. The van der Waals surface area contributed by atoms with Crippen LogP contribution in [0.4, 0.5) is 0 Å². The van der Waals surface area contributed by atoms with Crippen LogP contribution in [0.25, 0.3) is 0 Å². The van der Waals surface area contributed by atoms with E-state index in [4.69, 9.17) is 5.90 Å². The molecule has 34 heavy (non-hydrogen) atoms. The molecule has 10 heteroatoms. The van der Waals surface area contributed by atoms with Gasteiger partial charge in [0.1, 0.15) is 0 Å². The maximum atomic E-state index is 12.3. The molecule has 8 nitrogen and oxygen atoms in total. The fourth-order valence-corrected chi connectivity index (χ4v) is 3.65. The quantitative estimate of drug-likeness (QED) is 0.117. The van der Waals surface area contributed by atoms with Crippen LogP contribution in [-0.2, 0) is 54.2 Å². The van der Waals surface area contributed by atoms with E-state index in [0.717, 1.165) is 66.4 Å². The molecule has 0 saturated heterocycles. The molecule has 3 rings (SSSR count). The Kier molecular flexibility index (Phi) is 13.6. The van der Waals surface area contributed by atoms with Gasteiger partial charge in [0.05, 0.1) is 23.4 Å². The van der Waals surface area contributed by atoms with Gasteiger partial charge in [0, 0.05) is 63.8 Å². The smallest absolute Gasteiger partial charge is 0.220 e. The topological polar surface area (TPSA) is 103 Å². The number of hydrogen-bond acceptors (Lipinski definition) is 8. The number of nitrogens with one attached hydrogen (secondary N) is 1. The van der Waals surface area contributed by atoms with E-state index in [1.54, 1.807) is 0 Å². The average Bonchev–Trinajstić information content (AvgIpc) is 2.86. The van der Waals surface area contributed by atoms with Gasteiger partial charge >= 0.3 is 0 Å². The minimum Gasteiger partial charge on any atom is -0.352 e. The Bertz CT molecular complexity index is 910. The zero-order chi connectivity index (χ0) is 23.1. The number of aromatic nitrogens is 2. The fourth-order valence-electron chi connectivity index (χ4n) is 3.29. The summed E-state index contributed by atoms with van der Waals surface area (Å²) in [6, 6.07) is 19.5. The summed E-state index contributed by atoms with van der Waals surface area (Å²) in [6.07, 6.45) is 5.86. The summed E-state index contributed by atoms with van der Waals surface area (Å²) in [5.74, 6) is 4.87. The minimum absolute atomic E-state index is 0. The molecule has 3 aromatic rings. The molecule has 0 aliphatic rings. The van der Waals surface area contributed by atoms with Crippen LogP contribution in [-0.4, -0.2) is 27.3 Å². The normalized spacial score (nSPS) is 10.6. The van der Waals surface area contributed by atoms with Gasteiger partial charge in [-0.2, -0.15) is 5.90 Å². The largest absolute Gasteiger partial charge is 0.352 e. The first-order valence-corrected chi connectivity index (χ1v) is 11.5. The summed E-state index contributed by atoms with van der Waals surface area (Å²) in [4.78, 5) is 28.4. The first-order valence-electron chi connectivity index (χ1n) is 10.8. The Morgan fingerprint density at radius 2 is 1.59 bits per heavy atom. The molecular weight excluding hydrogens is 625 g/mol. The van der Waals surface area contributed by atoms with E-state index in [-0.39, 0.29) is 26.3 Å². The van der Waals surface area contributed by atoms with Crippen molar-refractivity contribution in [2.75, 3.05) is 6.54 Å². The van der Waals surface area contributed by atoms with Crippen LogP contribution in [0.1, 0.15) is 36.2 Å². The Morgan fingerprint density at radius 1 is 0.941 bits per heavy atom. The van der Waals surface area contributed by atoms with Gasteiger partial charge in [-0.15, -0.1) is 9.32 Å². The molecule has 1 radical (unpaired) electrons. The van der Waals surface area contributed by atoms with E-state index < -0.39 is 0 Å². The van der Waals surface area contributed by atoms with Gasteiger partial charge in [-0.3, -0.25) is 19.7 Å². The fraction of sp³-hybridized carbons (Fsp3) is 0.292. The number of hydrogen-bond donors (Lipinski definition) is 2. The van der Waals surface area contributed by atoms with Gasteiger partial charge in [0.15, 0.2) is 0 Å². The van der Waals surface area contributed by atoms with Crippen LogP contribution in [0.2, 0.25) is 0 Å². The molecule has 3 N–H and O–H groups in total. The Morgan fingerprint density at radius 3 is 2.15 bits per heavy atom. The predicted octanol–water partition coefficient (Wildman–Crippen LogP) is 3.79. The SMILES string of the molecule is NOOSc1ccc(CNC(=O)CCCCN(Cc2ccccn2)Cc2ccccn2)cc1.[Re]. The van der Waals surface area contributed by atoms with Crippen molar-refractivity contribution in [2.24, 2.45) is 5.90 Å². The molecule has 1 amide bonds. The second kappa shape index (κ2) is 16.5. The standard InChI is InChI=1S/C24H29N5O3S.Re/c25-31-32-33-23-12-10-20(11-13-23)17-28-24(30)9-3-6-16-29(18-21-7-1-4-14-26-21)19-22-8-2-5-15-27-22;/h1-2,4-5,7-8,10-15H,3,6,9,16-19,25H2,(H,28,30);. The molecule has 0 spiro atoms. The number of nitrogens with zero attached hydrogens (tertiary/aromatic N) is 3. The number of carbonyl (C=O) groups is 1. The van der Waals surface area contributed by atoms with Gasteiger partial charge in [-0.1, -0.05) is 24.3 Å².